The number of rotatable bonds is 8. The normalized spacial score (nSPS) is 10.7. The van der Waals surface area contributed by atoms with E-state index in [-0.39, 0.29) is 0 Å². The summed E-state index contributed by atoms with van der Waals surface area (Å²) in [7, 11) is 0. The molecular formula is C32H24O3. The molecule has 0 atom stereocenters. The van der Waals surface area contributed by atoms with Gasteiger partial charge in [-0.1, -0.05) is 78.9 Å². The summed E-state index contributed by atoms with van der Waals surface area (Å²) in [6, 6.07) is 43.1. The van der Waals surface area contributed by atoms with Crippen molar-refractivity contribution >= 4 is 12.2 Å². The predicted molar refractivity (Wildman–Crippen MR) is 141 cm³/mol. The van der Waals surface area contributed by atoms with Crippen LogP contribution in [0.1, 0.15) is 11.1 Å². The zero-order valence-electron chi connectivity index (χ0n) is 19.1. The summed E-state index contributed by atoms with van der Waals surface area (Å²) in [6.45, 7) is 0. The van der Waals surface area contributed by atoms with Crippen molar-refractivity contribution in [2.75, 3.05) is 0 Å². The molecule has 0 heterocycles. The van der Waals surface area contributed by atoms with Gasteiger partial charge >= 0.3 is 0 Å². The first-order valence-corrected chi connectivity index (χ1v) is 11.4. The fraction of sp³-hybridized carbons (Fsp3) is 0. The van der Waals surface area contributed by atoms with E-state index in [0.717, 1.165) is 34.1 Å². The molecular weight excluding hydrogens is 432 g/mol. The van der Waals surface area contributed by atoms with E-state index in [2.05, 4.69) is 6.08 Å². The van der Waals surface area contributed by atoms with E-state index in [1.807, 2.05) is 140 Å². The molecule has 0 bridgehead atoms. The number of benzene rings is 5. The third-order valence-corrected chi connectivity index (χ3v) is 5.19. The lowest BCUT2D eigenvalue weighted by Gasteiger charge is -2.11. The topological polar surface area (TPSA) is 27.7 Å². The molecule has 0 aliphatic rings. The molecule has 0 saturated heterocycles. The number of para-hydroxylation sites is 3. The maximum atomic E-state index is 6.09. The molecule has 5 aromatic rings. The Hall–Kier alpha value is -4.76. The molecule has 0 unspecified atom stereocenters. The fourth-order valence-corrected chi connectivity index (χ4v) is 3.52. The SMILES string of the molecule is C(=Cc1cc(Oc2ccccc2)cc(Oc2ccccc2)c1)c1ccc(Oc2ccccc2)cc1. The molecule has 5 rings (SSSR count). The Bertz CT molecular complexity index is 1320. The predicted octanol–water partition coefficient (Wildman–Crippen LogP) is 9.23. The third kappa shape index (κ3) is 6.40. The zero-order chi connectivity index (χ0) is 23.7. The first kappa shape index (κ1) is 22.1. The fourth-order valence-electron chi connectivity index (χ4n) is 3.52. The van der Waals surface area contributed by atoms with Crippen LogP contribution < -0.4 is 14.2 Å². The van der Waals surface area contributed by atoms with Crippen LogP contribution >= 0.6 is 0 Å². The van der Waals surface area contributed by atoms with Crippen molar-refractivity contribution in [1.29, 1.82) is 0 Å². The van der Waals surface area contributed by atoms with Crippen LogP contribution in [0.5, 0.6) is 34.5 Å². The van der Waals surface area contributed by atoms with Gasteiger partial charge in [0.15, 0.2) is 0 Å². The summed E-state index contributed by atoms with van der Waals surface area (Å²) in [6.07, 6.45) is 4.10. The molecule has 35 heavy (non-hydrogen) atoms. The minimum absolute atomic E-state index is 0.705. The molecule has 0 saturated carbocycles. The highest BCUT2D eigenvalue weighted by Crippen LogP contribution is 2.31. The Labute approximate surface area is 205 Å². The molecule has 0 radical (unpaired) electrons. The smallest absolute Gasteiger partial charge is 0.131 e. The van der Waals surface area contributed by atoms with Gasteiger partial charge in [-0.05, 0) is 71.8 Å². The van der Waals surface area contributed by atoms with E-state index in [1.165, 1.54) is 0 Å². The van der Waals surface area contributed by atoms with Crippen LogP contribution in [-0.2, 0) is 0 Å². The van der Waals surface area contributed by atoms with Crippen molar-refractivity contribution < 1.29 is 14.2 Å². The molecule has 3 heteroatoms. The van der Waals surface area contributed by atoms with Crippen molar-refractivity contribution in [2.24, 2.45) is 0 Å². The maximum Gasteiger partial charge on any atom is 0.131 e. The first-order chi connectivity index (χ1) is 17.3. The Balaban J connectivity index is 1.36. The monoisotopic (exact) mass is 456 g/mol. The van der Waals surface area contributed by atoms with Gasteiger partial charge < -0.3 is 14.2 Å². The van der Waals surface area contributed by atoms with Crippen LogP contribution in [-0.4, -0.2) is 0 Å². The minimum atomic E-state index is 0.705. The molecule has 0 fully saturated rings. The van der Waals surface area contributed by atoms with Crippen molar-refractivity contribution in [3.8, 4) is 34.5 Å². The van der Waals surface area contributed by atoms with Crippen LogP contribution in [0.2, 0.25) is 0 Å². The van der Waals surface area contributed by atoms with Gasteiger partial charge in [-0.2, -0.15) is 0 Å². The first-order valence-electron chi connectivity index (χ1n) is 11.4. The van der Waals surface area contributed by atoms with Crippen molar-refractivity contribution in [3.05, 3.63) is 145 Å². The Morgan fingerprint density at radius 3 is 1.14 bits per heavy atom. The molecule has 0 aliphatic heterocycles. The van der Waals surface area contributed by atoms with Gasteiger partial charge in [0.2, 0.25) is 0 Å². The summed E-state index contributed by atoms with van der Waals surface area (Å²) in [4.78, 5) is 0. The third-order valence-electron chi connectivity index (χ3n) is 5.19. The molecule has 0 amide bonds. The van der Waals surface area contributed by atoms with Gasteiger partial charge in [0.25, 0.3) is 0 Å². The molecule has 0 N–H and O–H groups in total. The van der Waals surface area contributed by atoms with Crippen molar-refractivity contribution in [2.45, 2.75) is 0 Å². The lowest BCUT2D eigenvalue weighted by molar-refractivity contribution is 0.460. The second-order valence-electron chi connectivity index (χ2n) is 7.89. The minimum Gasteiger partial charge on any atom is -0.457 e. The average Bonchev–Trinajstić information content (AvgIpc) is 2.90. The number of hydrogen-bond acceptors (Lipinski definition) is 3. The molecule has 0 spiro atoms. The van der Waals surface area contributed by atoms with Gasteiger partial charge in [-0.25, -0.2) is 0 Å². The van der Waals surface area contributed by atoms with Gasteiger partial charge in [0.05, 0.1) is 0 Å². The summed E-state index contributed by atoms with van der Waals surface area (Å²) in [5.41, 5.74) is 2.03. The van der Waals surface area contributed by atoms with Crippen molar-refractivity contribution in [3.63, 3.8) is 0 Å². The zero-order valence-corrected chi connectivity index (χ0v) is 19.1. The molecule has 170 valence electrons. The second kappa shape index (κ2) is 10.9. The highest BCUT2D eigenvalue weighted by Gasteiger charge is 2.05. The Morgan fingerprint density at radius 1 is 0.314 bits per heavy atom. The summed E-state index contributed by atoms with van der Waals surface area (Å²) < 4.78 is 18.1. The van der Waals surface area contributed by atoms with Crippen LogP contribution in [0.4, 0.5) is 0 Å². The van der Waals surface area contributed by atoms with Gasteiger partial charge in [0, 0.05) is 6.07 Å². The lowest BCUT2D eigenvalue weighted by Crippen LogP contribution is -1.89. The van der Waals surface area contributed by atoms with E-state index in [4.69, 9.17) is 14.2 Å². The largest absolute Gasteiger partial charge is 0.457 e. The van der Waals surface area contributed by atoms with Crippen LogP contribution in [0.25, 0.3) is 12.2 Å². The van der Waals surface area contributed by atoms with Gasteiger partial charge in [-0.15, -0.1) is 0 Å². The van der Waals surface area contributed by atoms with E-state index in [1.54, 1.807) is 0 Å². The number of hydrogen-bond donors (Lipinski definition) is 0. The van der Waals surface area contributed by atoms with E-state index in [0.29, 0.717) is 11.5 Å². The molecule has 0 aliphatic carbocycles. The summed E-state index contributed by atoms with van der Waals surface area (Å²) >= 11 is 0. The quantitative estimate of drug-likeness (QED) is 0.218. The van der Waals surface area contributed by atoms with Crippen molar-refractivity contribution in [1.82, 2.24) is 0 Å². The Kier molecular flexibility index (Phi) is 6.87. The highest BCUT2D eigenvalue weighted by atomic mass is 16.5. The standard InChI is InChI=1S/C32H24O3/c1-4-10-27(11-5-1)33-30-20-18-25(19-21-30)16-17-26-22-31(34-28-12-6-2-7-13-28)24-32(23-26)35-29-14-8-3-9-15-29/h1-24H. The van der Waals surface area contributed by atoms with E-state index in [9.17, 15) is 0 Å². The van der Waals surface area contributed by atoms with Crippen LogP contribution in [0.15, 0.2) is 133 Å². The maximum absolute atomic E-state index is 6.09. The van der Waals surface area contributed by atoms with Gasteiger partial charge in [-0.3, -0.25) is 0 Å². The average molecular weight is 457 g/mol. The van der Waals surface area contributed by atoms with Gasteiger partial charge in [0.1, 0.15) is 34.5 Å². The van der Waals surface area contributed by atoms with E-state index < -0.39 is 0 Å². The highest BCUT2D eigenvalue weighted by molar-refractivity contribution is 5.71. The number of ether oxygens (including phenoxy) is 3. The summed E-state index contributed by atoms with van der Waals surface area (Å²) in [5, 5.41) is 0. The van der Waals surface area contributed by atoms with Crippen LogP contribution in [0.3, 0.4) is 0 Å². The lowest BCUT2D eigenvalue weighted by atomic mass is 10.1. The molecule has 5 aromatic carbocycles. The molecule has 3 nitrogen and oxygen atoms in total. The summed E-state index contributed by atoms with van der Waals surface area (Å²) in [5.74, 6) is 4.57. The van der Waals surface area contributed by atoms with Crippen LogP contribution in [0, 0.1) is 0 Å². The Morgan fingerprint density at radius 2 is 0.686 bits per heavy atom. The van der Waals surface area contributed by atoms with E-state index >= 15 is 0 Å². The second-order valence-corrected chi connectivity index (χ2v) is 7.89. The molecule has 0 aromatic heterocycles.